The zero-order valence-electron chi connectivity index (χ0n) is 8.41. The molecule has 1 aromatic carbocycles. The number of aliphatic carboxylic acids is 1. The standard InChI is InChI=1S/C9H10N2O4S/c1-7-2-4-8(5-3-7)16(14,15)11-10-6-9(12)13/h2-6,11H,1H3,(H,12,13)/b10-6+. The van der Waals surface area contributed by atoms with Gasteiger partial charge in [0.05, 0.1) is 4.90 Å². The molecule has 0 unspecified atom stereocenters. The van der Waals surface area contributed by atoms with Crippen LogP contribution in [0, 0.1) is 6.92 Å². The number of nitrogens with one attached hydrogen (secondary N) is 1. The Morgan fingerprint density at radius 2 is 1.94 bits per heavy atom. The fraction of sp³-hybridized carbons (Fsp3) is 0.111. The molecule has 2 N–H and O–H groups in total. The smallest absolute Gasteiger partial charge is 0.348 e. The Bertz CT molecular complexity index is 505. The summed E-state index contributed by atoms with van der Waals surface area (Å²) < 4.78 is 23.0. The van der Waals surface area contributed by atoms with E-state index in [-0.39, 0.29) is 4.90 Å². The van der Waals surface area contributed by atoms with Crippen LogP contribution in [0.1, 0.15) is 5.56 Å². The number of aryl methyl sites for hydroxylation is 1. The van der Waals surface area contributed by atoms with Crippen molar-refractivity contribution < 1.29 is 18.3 Å². The molecule has 0 aromatic heterocycles. The molecule has 1 aromatic rings. The molecule has 0 saturated heterocycles. The van der Waals surface area contributed by atoms with Gasteiger partial charge in [0.1, 0.15) is 6.21 Å². The molecule has 0 spiro atoms. The molecule has 0 radical (unpaired) electrons. The normalized spacial score (nSPS) is 11.6. The van der Waals surface area contributed by atoms with Crippen LogP contribution in [0.2, 0.25) is 0 Å². The van der Waals surface area contributed by atoms with Crippen LogP contribution in [-0.2, 0) is 14.8 Å². The Kier molecular flexibility index (Phi) is 3.62. The van der Waals surface area contributed by atoms with E-state index in [4.69, 9.17) is 5.11 Å². The number of carboxylic acid groups (broad SMARTS) is 1. The number of benzene rings is 1. The minimum Gasteiger partial charge on any atom is -0.477 e. The first-order valence-corrected chi connectivity index (χ1v) is 5.74. The van der Waals surface area contributed by atoms with Crippen molar-refractivity contribution in [3.05, 3.63) is 29.8 Å². The van der Waals surface area contributed by atoms with Crippen molar-refractivity contribution in [2.45, 2.75) is 11.8 Å². The van der Waals surface area contributed by atoms with Crippen molar-refractivity contribution in [1.29, 1.82) is 0 Å². The first-order chi connectivity index (χ1) is 7.42. The van der Waals surface area contributed by atoms with Crippen LogP contribution < -0.4 is 4.83 Å². The maximum absolute atomic E-state index is 11.5. The van der Waals surface area contributed by atoms with Gasteiger partial charge in [-0.3, -0.25) is 0 Å². The van der Waals surface area contributed by atoms with Crippen molar-refractivity contribution >= 4 is 22.2 Å². The molecule has 0 atom stereocenters. The third-order valence-corrected chi connectivity index (χ3v) is 2.92. The van der Waals surface area contributed by atoms with Crippen LogP contribution >= 0.6 is 0 Å². The molecule has 7 heteroatoms. The average molecular weight is 242 g/mol. The first-order valence-electron chi connectivity index (χ1n) is 4.26. The van der Waals surface area contributed by atoms with Gasteiger partial charge in [-0.05, 0) is 19.1 Å². The minimum atomic E-state index is -3.78. The maximum Gasteiger partial charge on any atom is 0.348 e. The molecular weight excluding hydrogens is 232 g/mol. The van der Waals surface area contributed by atoms with Gasteiger partial charge in [0.2, 0.25) is 0 Å². The number of hydrogen-bond acceptors (Lipinski definition) is 4. The highest BCUT2D eigenvalue weighted by Crippen LogP contribution is 2.09. The van der Waals surface area contributed by atoms with Crippen molar-refractivity contribution in [3.8, 4) is 0 Å². The molecule has 0 amide bonds. The molecule has 0 heterocycles. The zero-order chi connectivity index (χ0) is 12.2. The van der Waals surface area contributed by atoms with E-state index in [0.29, 0.717) is 6.21 Å². The predicted octanol–water partition coefficient (Wildman–Crippen LogP) is 0.344. The maximum atomic E-state index is 11.5. The summed E-state index contributed by atoms with van der Waals surface area (Å²) in [6.45, 7) is 1.83. The van der Waals surface area contributed by atoms with Crippen LogP contribution in [0.3, 0.4) is 0 Å². The molecule has 0 fully saturated rings. The summed E-state index contributed by atoms with van der Waals surface area (Å²) in [4.78, 5) is 11.9. The number of rotatable bonds is 4. The third kappa shape index (κ3) is 3.35. The Morgan fingerprint density at radius 3 is 2.44 bits per heavy atom. The highest BCUT2D eigenvalue weighted by Gasteiger charge is 2.11. The largest absolute Gasteiger partial charge is 0.477 e. The quantitative estimate of drug-likeness (QED) is 0.588. The molecule has 16 heavy (non-hydrogen) atoms. The number of hydrogen-bond donors (Lipinski definition) is 2. The fourth-order valence-electron chi connectivity index (χ4n) is 0.921. The van der Waals surface area contributed by atoms with Crippen LogP contribution in [0.5, 0.6) is 0 Å². The zero-order valence-corrected chi connectivity index (χ0v) is 9.23. The minimum absolute atomic E-state index is 0.0284. The van der Waals surface area contributed by atoms with Crippen molar-refractivity contribution in [1.82, 2.24) is 4.83 Å². The molecule has 86 valence electrons. The van der Waals surface area contributed by atoms with E-state index in [2.05, 4.69) is 5.10 Å². The van der Waals surface area contributed by atoms with E-state index in [1.165, 1.54) is 12.1 Å². The molecule has 0 bridgehead atoms. The predicted molar refractivity (Wildman–Crippen MR) is 57.6 cm³/mol. The SMILES string of the molecule is Cc1ccc(S(=O)(=O)N/N=C/C(=O)O)cc1. The van der Waals surface area contributed by atoms with E-state index >= 15 is 0 Å². The number of carboxylic acids is 1. The van der Waals surface area contributed by atoms with Crippen LogP contribution in [-0.4, -0.2) is 25.7 Å². The number of hydrazone groups is 1. The Balaban J connectivity index is 2.86. The van der Waals surface area contributed by atoms with Crippen molar-refractivity contribution in [2.75, 3.05) is 0 Å². The summed E-state index contributed by atoms with van der Waals surface area (Å²) >= 11 is 0. The van der Waals surface area contributed by atoms with Crippen LogP contribution in [0.4, 0.5) is 0 Å². The molecule has 0 aliphatic rings. The highest BCUT2D eigenvalue weighted by molar-refractivity contribution is 7.89. The van der Waals surface area contributed by atoms with Gasteiger partial charge in [0.15, 0.2) is 0 Å². The fourth-order valence-corrected chi connectivity index (χ4v) is 1.71. The molecule has 0 saturated carbocycles. The third-order valence-electron chi connectivity index (χ3n) is 1.68. The summed E-state index contributed by atoms with van der Waals surface area (Å²) in [5, 5.41) is 11.3. The summed E-state index contributed by atoms with van der Waals surface area (Å²) in [6.07, 6.45) is 0.464. The van der Waals surface area contributed by atoms with Crippen molar-refractivity contribution in [2.24, 2.45) is 5.10 Å². The second-order valence-electron chi connectivity index (χ2n) is 3.00. The average Bonchev–Trinajstić information content (AvgIpc) is 2.17. The summed E-state index contributed by atoms with van der Waals surface area (Å²) in [7, 11) is -3.78. The summed E-state index contributed by atoms with van der Waals surface area (Å²) in [5.74, 6) is -1.33. The van der Waals surface area contributed by atoms with E-state index in [9.17, 15) is 13.2 Å². The van der Waals surface area contributed by atoms with E-state index in [1.807, 2.05) is 6.92 Å². The second kappa shape index (κ2) is 4.75. The number of nitrogens with zero attached hydrogens (tertiary/aromatic N) is 1. The lowest BCUT2D eigenvalue weighted by Gasteiger charge is -2.02. The van der Waals surface area contributed by atoms with Crippen LogP contribution in [0.15, 0.2) is 34.3 Å². The van der Waals surface area contributed by atoms with Gasteiger partial charge in [-0.25, -0.2) is 4.79 Å². The van der Waals surface area contributed by atoms with Gasteiger partial charge in [-0.2, -0.15) is 18.4 Å². The van der Waals surface area contributed by atoms with Gasteiger partial charge in [0.25, 0.3) is 10.0 Å². The summed E-state index contributed by atoms with van der Waals surface area (Å²) in [5.41, 5.74) is 0.924. The monoisotopic (exact) mass is 242 g/mol. The van der Waals surface area contributed by atoms with Gasteiger partial charge in [-0.15, -0.1) is 0 Å². The molecule has 1 rings (SSSR count). The lowest BCUT2D eigenvalue weighted by atomic mass is 10.2. The van der Waals surface area contributed by atoms with E-state index < -0.39 is 16.0 Å². The van der Waals surface area contributed by atoms with Gasteiger partial charge in [-0.1, -0.05) is 17.7 Å². The molecule has 6 nitrogen and oxygen atoms in total. The van der Waals surface area contributed by atoms with Gasteiger partial charge >= 0.3 is 5.97 Å². The number of sulfonamides is 1. The number of carbonyl (C=O) groups is 1. The van der Waals surface area contributed by atoms with Gasteiger partial charge in [0, 0.05) is 0 Å². The molecule has 0 aliphatic heterocycles. The molecule has 0 aliphatic carbocycles. The van der Waals surface area contributed by atoms with Crippen molar-refractivity contribution in [3.63, 3.8) is 0 Å². The first kappa shape index (κ1) is 12.2. The van der Waals surface area contributed by atoms with Gasteiger partial charge < -0.3 is 5.11 Å². The summed E-state index contributed by atoms with van der Waals surface area (Å²) in [6, 6.07) is 6.09. The Hall–Kier alpha value is -1.89. The Labute approximate surface area is 92.7 Å². The van der Waals surface area contributed by atoms with E-state index in [0.717, 1.165) is 5.56 Å². The lowest BCUT2D eigenvalue weighted by molar-refractivity contribution is -0.128. The van der Waals surface area contributed by atoms with E-state index in [1.54, 1.807) is 17.0 Å². The lowest BCUT2D eigenvalue weighted by Crippen LogP contribution is -2.19. The molecular formula is C9H10N2O4S. The van der Waals surface area contributed by atoms with Crippen LogP contribution in [0.25, 0.3) is 0 Å². The highest BCUT2D eigenvalue weighted by atomic mass is 32.2. The second-order valence-corrected chi connectivity index (χ2v) is 4.67. The topological polar surface area (TPSA) is 95.8 Å². The Morgan fingerprint density at radius 1 is 1.38 bits per heavy atom.